The average Bonchev–Trinajstić information content (AvgIpc) is 3.13. The number of hydrogen-bond donors (Lipinski definition) is 0. The lowest BCUT2D eigenvalue weighted by Gasteiger charge is -2.15. The highest BCUT2D eigenvalue weighted by atomic mass is 127. The number of carbonyl (C=O) groups excluding carboxylic acids is 2. The van der Waals surface area contributed by atoms with E-state index in [-0.39, 0.29) is 23.7 Å². The third-order valence-corrected chi connectivity index (χ3v) is 7.78. The van der Waals surface area contributed by atoms with Gasteiger partial charge in [-0.3, -0.25) is 24.6 Å². The van der Waals surface area contributed by atoms with Crippen LogP contribution in [0.2, 0.25) is 10.0 Å². The molecule has 0 saturated carbocycles. The van der Waals surface area contributed by atoms with Crippen LogP contribution in [0.15, 0.2) is 59.5 Å². The van der Waals surface area contributed by atoms with Gasteiger partial charge < -0.3 is 9.47 Å². The molecule has 1 fully saturated rings. The number of hydrogen-bond acceptors (Lipinski definition) is 7. The summed E-state index contributed by atoms with van der Waals surface area (Å²) in [6.07, 6.45) is 1.62. The molecule has 4 rings (SSSR count). The number of carbonyl (C=O) groups is 2. The molecule has 196 valence electrons. The van der Waals surface area contributed by atoms with Crippen LogP contribution < -0.4 is 9.47 Å². The zero-order chi connectivity index (χ0) is 27.4. The summed E-state index contributed by atoms with van der Waals surface area (Å²) < 4.78 is 12.6. The van der Waals surface area contributed by atoms with Gasteiger partial charge in [-0.1, -0.05) is 41.4 Å². The van der Waals surface area contributed by atoms with Crippen LogP contribution in [0.4, 0.5) is 10.5 Å². The third kappa shape index (κ3) is 6.60. The maximum absolute atomic E-state index is 13.0. The monoisotopic (exact) mass is 684 g/mol. The summed E-state index contributed by atoms with van der Waals surface area (Å²) in [4.78, 5) is 37.5. The first kappa shape index (κ1) is 28.2. The number of nitrogens with zero attached hydrogens (tertiary/aromatic N) is 2. The first-order valence-electron chi connectivity index (χ1n) is 11.2. The number of benzene rings is 3. The standard InChI is InChI=1S/C26H19Cl2IN2O6S/c1-2-36-22-11-17(10-21(29)24(22)37-14-16-6-7-19(27)20(28)9-16)12-23-25(32)30(26(33)38-23)13-15-4-3-5-18(8-15)31(34)35/h3-12H,2,13-14H2,1H3/b23-12+. The molecule has 1 aliphatic rings. The Morgan fingerprint density at radius 3 is 2.55 bits per heavy atom. The maximum atomic E-state index is 13.0. The molecule has 8 nitrogen and oxygen atoms in total. The molecule has 0 aromatic heterocycles. The van der Waals surface area contributed by atoms with Gasteiger partial charge in [-0.05, 0) is 88.3 Å². The molecule has 0 bridgehead atoms. The van der Waals surface area contributed by atoms with Crippen LogP contribution >= 0.6 is 57.6 Å². The molecule has 0 spiro atoms. The highest BCUT2D eigenvalue weighted by molar-refractivity contribution is 14.1. The quantitative estimate of drug-likeness (QED) is 0.0985. The van der Waals surface area contributed by atoms with Crippen molar-refractivity contribution < 1.29 is 24.0 Å². The Hall–Kier alpha value is -2.80. The van der Waals surface area contributed by atoms with Crippen molar-refractivity contribution in [1.29, 1.82) is 0 Å². The summed E-state index contributed by atoms with van der Waals surface area (Å²) in [5.41, 5.74) is 1.86. The molecular formula is C26H19Cl2IN2O6S. The zero-order valence-electron chi connectivity index (χ0n) is 19.8. The number of amides is 2. The van der Waals surface area contributed by atoms with E-state index in [0.717, 1.165) is 25.8 Å². The van der Waals surface area contributed by atoms with Gasteiger partial charge >= 0.3 is 0 Å². The number of rotatable bonds is 9. The minimum Gasteiger partial charge on any atom is -0.490 e. The summed E-state index contributed by atoms with van der Waals surface area (Å²) in [6.45, 7) is 2.42. The molecule has 1 heterocycles. The molecule has 3 aromatic carbocycles. The van der Waals surface area contributed by atoms with Crippen molar-refractivity contribution in [3.05, 3.63) is 99.9 Å². The van der Waals surface area contributed by atoms with Crippen LogP contribution in [-0.4, -0.2) is 27.6 Å². The molecule has 1 saturated heterocycles. The van der Waals surface area contributed by atoms with E-state index in [9.17, 15) is 19.7 Å². The van der Waals surface area contributed by atoms with E-state index in [1.807, 2.05) is 19.1 Å². The fourth-order valence-corrected chi connectivity index (χ4v) is 5.54. The van der Waals surface area contributed by atoms with E-state index in [4.69, 9.17) is 32.7 Å². The van der Waals surface area contributed by atoms with Crippen molar-refractivity contribution in [2.24, 2.45) is 0 Å². The Morgan fingerprint density at radius 2 is 1.84 bits per heavy atom. The Balaban J connectivity index is 1.55. The van der Waals surface area contributed by atoms with E-state index in [2.05, 4.69) is 22.6 Å². The van der Waals surface area contributed by atoms with Gasteiger partial charge in [-0.15, -0.1) is 0 Å². The summed E-state index contributed by atoms with van der Waals surface area (Å²) in [5.74, 6) is 0.551. The number of nitro benzene ring substituents is 1. The molecule has 38 heavy (non-hydrogen) atoms. The first-order valence-corrected chi connectivity index (χ1v) is 13.8. The van der Waals surface area contributed by atoms with E-state index < -0.39 is 16.1 Å². The Labute approximate surface area is 246 Å². The number of ether oxygens (including phenoxy) is 2. The van der Waals surface area contributed by atoms with Crippen molar-refractivity contribution >= 4 is 80.5 Å². The van der Waals surface area contributed by atoms with Gasteiger partial charge in [0.05, 0.1) is 36.6 Å². The number of thioether (sulfide) groups is 1. The predicted molar refractivity (Wildman–Crippen MR) is 156 cm³/mol. The van der Waals surface area contributed by atoms with Crippen molar-refractivity contribution in [1.82, 2.24) is 4.90 Å². The van der Waals surface area contributed by atoms with Gasteiger partial charge in [0.25, 0.3) is 16.8 Å². The minimum atomic E-state index is -0.521. The summed E-state index contributed by atoms with van der Waals surface area (Å²) in [7, 11) is 0. The predicted octanol–water partition coefficient (Wildman–Crippen LogP) is 7.72. The Morgan fingerprint density at radius 1 is 1.05 bits per heavy atom. The van der Waals surface area contributed by atoms with Crippen molar-refractivity contribution in [2.75, 3.05) is 6.61 Å². The fourth-order valence-electron chi connectivity index (χ4n) is 3.60. The second kappa shape index (κ2) is 12.4. The van der Waals surface area contributed by atoms with Crippen LogP contribution in [0.5, 0.6) is 11.5 Å². The SMILES string of the molecule is CCOc1cc(/C=C2/SC(=O)N(Cc3cccc([N+](=O)[O-])c3)C2=O)cc(I)c1OCc1ccc(Cl)c(Cl)c1. The van der Waals surface area contributed by atoms with E-state index >= 15 is 0 Å². The second-order valence-electron chi connectivity index (χ2n) is 8.00. The van der Waals surface area contributed by atoms with Crippen LogP contribution in [0.3, 0.4) is 0 Å². The number of halogens is 3. The highest BCUT2D eigenvalue weighted by Crippen LogP contribution is 2.38. The number of non-ortho nitro benzene ring substituents is 1. The smallest absolute Gasteiger partial charge is 0.293 e. The topological polar surface area (TPSA) is 99.0 Å². The second-order valence-corrected chi connectivity index (χ2v) is 11.0. The normalized spacial score (nSPS) is 14.3. The molecule has 0 unspecified atom stereocenters. The highest BCUT2D eigenvalue weighted by Gasteiger charge is 2.35. The van der Waals surface area contributed by atoms with Gasteiger partial charge in [0, 0.05) is 12.1 Å². The lowest BCUT2D eigenvalue weighted by Crippen LogP contribution is -2.27. The van der Waals surface area contributed by atoms with Gasteiger partial charge in [0.1, 0.15) is 6.61 Å². The molecule has 12 heteroatoms. The summed E-state index contributed by atoms with van der Waals surface area (Å²) in [6, 6.07) is 14.7. The van der Waals surface area contributed by atoms with Crippen LogP contribution in [0, 0.1) is 13.7 Å². The van der Waals surface area contributed by atoms with E-state index in [1.54, 1.807) is 30.3 Å². The van der Waals surface area contributed by atoms with Crippen LogP contribution in [0.25, 0.3) is 6.08 Å². The number of nitro groups is 1. The zero-order valence-corrected chi connectivity index (χ0v) is 24.3. The Kier molecular flexibility index (Phi) is 9.19. The first-order chi connectivity index (χ1) is 18.2. The Bertz CT molecular complexity index is 1470. The lowest BCUT2D eigenvalue weighted by atomic mass is 10.1. The van der Waals surface area contributed by atoms with Crippen LogP contribution in [-0.2, 0) is 17.9 Å². The van der Waals surface area contributed by atoms with Crippen molar-refractivity contribution in [2.45, 2.75) is 20.1 Å². The maximum Gasteiger partial charge on any atom is 0.293 e. The molecule has 1 aliphatic heterocycles. The van der Waals surface area contributed by atoms with Crippen molar-refractivity contribution in [3.63, 3.8) is 0 Å². The summed E-state index contributed by atoms with van der Waals surface area (Å²) >= 11 is 15.0. The molecule has 2 amide bonds. The van der Waals surface area contributed by atoms with Crippen molar-refractivity contribution in [3.8, 4) is 11.5 Å². The third-order valence-electron chi connectivity index (χ3n) is 5.33. The molecule has 3 aromatic rings. The molecular weight excluding hydrogens is 666 g/mol. The largest absolute Gasteiger partial charge is 0.490 e. The van der Waals surface area contributed by atoms with E-state index in [0.29, 0.717) is 39.3 Å². The van der Waals surface area contributed by atoms with Gasteiger partial charge in [0.2, 0.25) is 0 Å². The lowest BCUT2D eigenvalue weighted by molar-refractivity contribution is -0.384. The average molecular weight is 685 g/mol. The van der Waals surface area contributed by atoms with Gasteiger partial charge in [0.15, 0.2) is 11.5 Å². The van der Waals surface area contributed by atoms with Crippen LogP contribution in [0.1, 0.15) is 23.6 Å². The van der Waals surface area contributed by atoms with E-state index in [1.165, 1.54) is 18.2 Å². The summed E-state index contributed by atoms with van der Waals surface area (Å²) in [5, 5.41) is 11.5. The van der Waals surface area contributed by atoms with Gasteiger partial charge in [-0.25, -0.2) is 0 Å². The molecule has 0 radical (unpaired) electrons. The molecule has 0 atom stereocenters. The fraction of sp³-hybridized carbons (Fsp3) is 0.154. The number of imide groups is 1. The molecule has 0 aliphatic carbocycles. The minimum absolute atomic E-state index is 0.0626. The van der Waals surface area contributed by atoms with Gasteiger partial charge in [-0.2, -0.15) is 0 Å². The molecule has 0 N–H and O–H groups in total.